The Morgan fingerprint density at radius 3 is 2.81 bits per heavy atom. The molecular formula is C12H20N2O2. The Balaban J connectivity index is 2.65. The van der Waals surface area contributed by atoms with Crippen molar-refractivity contribution in [2.24, 2.45) is 0 Å². The Labute approximate surface area is 96.6 Å². The lowest BCUT2D eigenvalue weighted by molar-refractivity contribution is 0.147. The third-order valence-electron chi connectivity index (χ3n) is 2.56. The zero-order valence-corrected chi connectivity index (χ0v) is 9.94. The molecule has 4 heteroatoms. The maximum Gasteiger partial charge on any atom is 0.120 e. The lowest BCUT2D eigenvalue weighted by atomic mass is 10.1. The average molecular weight is 224 g/mol. The molecule has 0 saturated carbocycles. The standard InChI is InChI=1S/C12H20N2O2/c1-3-14(6-7-16-2)9-10-8-11(13)4-5-12(10)15/h4-5,8,15H,3,6-7,9,13H2,1-2H3. The molecule has 0 atom stereocenters. The van der Waals surface area contributed by atoms with Gasteiger partial charge in [-0.2, -0.15) is 0 Å². The molecule has 0 amide bonds. The van der Waals surface area contributed by atoms with E-state index in [1.54, 1.807) is 19.2 Å². The summed E-state index contributed by atoms with van der Waals surface area (Å²) in [7, 11) is 1.69. The van der Waals surface area contributed by atoms with E-state index in [1.807, 2.05) is 6.07 Å². The minimum Gasteiger partial charge on any atom is -0.508 e. The fraction of sp³-hybridized carbons (Fsp3) is 0.500. The first-order valence-electron chi connectivity index (χ1n) is 5.46. The number of phenols is 1. The van der Waals surface area contributed by atoms with Crippen molar-refractivity contribution in [1.29, 1.82) is 0 Å². The molecule has 1 rings (SSSR count). The van der Waals surface area contributed by atoms with Gasteiger partial charge in [0.2, 0.25) is 0 Å². The van der Waals surface area contributed by atoms with Crippen molar-refractivity contribution >= 4 is 5.69 Å². The van der Waals surface area contributed by atoms with Crippen LogP contribution in [-0.4, -0.2) is 36.8 Å². The minimum absolute atomic E-state index is 0.296. The monoisotopic (exact) mass is 224 g/mol. The van der Waals surface area contributed by atoms with Crippen LogP contribution in [0.15, 0.2) is 18.2 Å². The van der Waals surface area contributed by atoms with Crippen molar-refractivity contribution in [3.8, 4) is 5.75 Å². The largest absolute Gasteiger partial charge is 0.508 e. The number of hydrogen-bond acceptors (Lipinski definition) is 4. The third kappa shape index (κ3) is 3.72. The molecular weight excluding hydrogens is 204 g/mol. The summed E-state index contributed by atoms with van der Waals surface area (Å²) >= 11 is 0. The normalized spacial score (nSPS) is 10.9. The molecule has 0 saturated heterocycles. The van der Waals surface area contributed by atoms with Crippen molar-refractivity contribution in [2.75, 3.05) is 32.5 Å². The molecule has 16 heavy (non-hydrogen) atoms. The highest BCUT2D eigenvalue weighted by atomic mass is 16.5. The molecule has 0 spiro atoms. The number of hydrogen-bond donors (Lipinski definition) is 2. The molecule has 0 unspecified atom stereocenters. The van der Waals surface area contributed by atoms with E-state index in [4.69, 9.17) is 10.5 Å². The molecule has 0 aromatic heterocycles. The molecule has 0 heterocycles. The van der Waals surface area contributed by atoms with Crippen LogP contribution in [0.25, 0.3) is 0 Å². The van der Waals surface area contributed by atoms with Gasteiger partial charge < -0.3 is 15.6 Å². The summed E-state index contributed by atoms with van der Waals surface area (Å²) in [6.07, 6.45) is 0. The van der Waals surface area contributed by atoms with Gasteiger partial charge in [-0.15, -0.1) is 0 Å². The number of aromatic hydroxyl groups is 1. The Hall–Kier alpha value is -1.26. The maximum atomic E-state index is 9.69. The third-order valence-corrected chi connectivity index (χ3v) is 2.56. The van der Waals surface area contributed by atoms with Gasteiger partial charge in [-0.25, -0.2) is 0 Å². The second kappa shape index (κ2) is 6.35. The van der Waals surface area contributed by atoms with Gasteiger partial charge in [-0.05, 0) is 24.7 Å². The van der Waals surface area contributed by atoms with Crippen LogP contribution in [0.4, 0.5) is 5.69 Å². The number of likely N-dealkylation sites (N-methyl/N-ethyl adjacent to an activating group) is 1. The maximum absolute atomic E-state index is 9.69. The molecule has 0 aliphatic rings. The van der Waals surface area contributed by atoms with Crippen molar-refractivity contribution in [3.63, 3.8) is 0 Å². The van der Waals surface area contributed by atoms with Crippen LogP contribution in [0.3, 0.4) is 0 Å². The van der Waals surface area contributed by atoms with Crippen molar-refractivity contribution < 1.29 is 9.84 Å². The zero-order valence-electron chi connectivity index (χ0n) is 9.94. The van der Waals surface area contributed by atoms with E-state index in [2.05, 4.69) is 11.8 Å². The summed E-state index contributed by atoms with van der Waals surface area (Å²) < 4.78 is 5.04. The van der Waals surface area contributed by atoms with E-state index in [-0.39, 0.29) is 0 Å². The number of anilines is 1. The highest BCUT2D eigenvalue weighted by Crippen LogP contribution is 2.21. The lowest BCUT2D eigenvalue weighted by Gasteiger charge is -2.20. The van der Waals surface area contributed by atoms with Gasteiger partial charge in [0.05, 0.1) is 6.61 Å². The number of nitrogens with zero attached hydrogens (tertiary/aromatic N) is 1. The van der Waals surface area contributed by atoms with Gasteiger partial charge in [0, 0.05) is 31.5 Å². The highest BCUT2D eigenvalue weighted by molar-refractivity contribution is 5.47. The average Bonchev–Trinajstić information content (AvgIpc) is 2.28. The molecule has 0 radical (unpaired) electrons. The summed E-state index contributed by atoms with van der Waals surface area (Å²) in [5.74, 6) is 0.296. The molecule has 4 nitrogen and oxygen atoms in total. The van der Waals surface area contributed by atoms with Gasteiger partial charge in [-0.1, -0.05) is 6.92 Å². The van der Waals surface area contributed by atoms with Crippen molar-refractivity contribution in [2.45, 2.75) is 13.5 Å². The first-order valence-corrected chi connectivity index (χ1v) is 5.46. The molecule has 1 aromatic rings. The van der Waals surface area contributed by atoms with E-state index in [0.29, 0.717) is 24.6 Å². The number of benzene rings is 1. The van der Waals surface area contributed by atoms with Gasteiger partial charge in [0.15, 0.2) is 0 Å². The van der Waals surface area contributed by atoms with Crippen molar-refractivity contribution in [3.05, 3.63) is 23.8 Å². The SMILES string of the molecule is CCN(CCOC)Cc1cc(N)ccc1O. The summed E-state index contributed by atoms with van der Waals surface area (Å²) in [5.41, 5.74) is 7.23. The van der Waals surface area contributed by atoms with Crippen LogP contribution < -0.4 is 5.73 Å². The van der Waals surface area contributed by atoms with E-state index in [0.717, 1.165) is 18.7 Å². The summed E-state index contributed by atoms with van der Waals surface area (Å²) in [5, 5.41) is 9.69. The first-order chi connectivity index (χ1) is 7.67. The number of methoxy groups -OCH3 is 1. The number of rotatable bonds is 6. The summed E-state index contributed by atoms with van der Waals surface area (Å²) in [6.45, 7) is 5.23. The number of nitrogens with two attached hydrogens (primary N) is 1. The van der Waals surface area contributed by atoms with E-state index in [1.165, 1.54) is 0 Å². The van der Waals surface area contributed by atoms with Crippen molar-refractivity contribution in [1.82, 2.24) is 4.90 Å². The topological polar surface area (TPSA) is 58.7 Å². The number of ether oxygens (including phenoxy) is 1. The first kappa shape index (κ1) is 12.8. The summed E-state index contributed by atoms with van der Waals surface area (Å²) in [6, 6.07) is 5.14. The Bertz CT molecular complexity index is 329. The zero-order chi connectivity index (χ0) is 12.0. The van der Waals surface area contributed by atoms with Gasteiger partial charge in [-0.3, -0.25) is 4.90 Å². The Morgan fingerprint density at radius 2 is 2.19 bits per heavy atom. The molecule has 90 valence electrons. The van der Waals surface area contributed by atoms with Gasteiger partial charge >= 0.3 is 0 Å². The van der Waals surface area contributed by atoms with Crippen LogP contribution in [0.5, 0.6) is 5.75 Å². The van der Waals surface area contributed by atoms with E-state index < -0.39 is 0 Å². The van der Waals surface area contributed by atoms with Crippen LogP contribution in [-0.2, 0) is 11.3 Å². The molecule has 1 aromatic carbocycles. The van der Waals surface area contributed by atoms with Gasteiger partial charge in [0.1, 0.15) is 5.75 Å². The summed E-state index contributed by atoms with van der Waals surface area (Å²) in [4.78, 5) is 2.19. The van der Waals surface area contributed by atoms with Crippen LogP contribution in [0.2, 0.25) is 0 Å². The second-order valence-electron chi connectivity index (χ2n) is 3.75. The second-order valence-corrected chi connectivity index (χ2v) is 3.75. The quantitative estimate of drug-likeness (QED) is 0.567. The van der Waals surface area contributed by atoms with Crippen LogP contribution in [0.1, 0.15) is 12.5 Å². The van der Waals surface area contributed by atoms with E-state index >= 15 is 0 Å². The number of phenolic OH excluding ortho intramolecular Hbond substituents is 1. The smallest absolute Gasteiger partial charge is 0.120 e. The molecule has 0 bridgehead atoms. The molecule has 3 N–H and O–H groups in total. The minimum atomic E-state index is 0.296. The van der Waals surface area contributed by atoms with E-state index in [9.17, 15) is 5.11 Å². The molecule has 0 aliphatic carbocycles. The lowest BCUT2D eigenvalue weighted by Crippen LogP contribution is -2.26. The highest BCUT2D eigenvalue weighted by Gasteiger charge is 2.07. The van der Waals surface area contributed by atoms with Crippen LogP contribution in [0, 0.1) is 0 Å². The molecule has 0 fully saturated rings. The fourth-order valence-electron chi connectivity index (χ4n) is 1.54. The Kier molecular flexibility index (Phi) is 5.08. The predicted molar refractivity (Wildman–Crippen MR) is 65.3 cm³/mol. The fourth-order valence-corrected chi connectivity index (χ4v) is 1.54. The number of nitrogen functional groups attached to an aromatic ring is 1. The van der Waals surface area contributed by atoms with Crippen LogP contribution >= 0.6 is 0 Å². The predicted octanol–water partition coefficient (Wildman–Crippen LogP) is 1.44. The Morgan fingerprint density at radius 1 is 1.44 bits per heavy atom. The van der Waals surface area contributed by atoms with Gasteiger partial charge in [0.25, 0.3) is 0 Å². The molecule has 0 aliphatic heterocycles.